The molecule has 31 heavy (non-hydrogen) atoms. The lowest BCUT2D eigenvalue weighted by molar-refractivity contribution is 0.0970. The van der Waals surface area contributed by atoms with E-state index in [2.05, 4.69) is 0 Å². The number of hydrogen-bond acceptors (Lipinski definition) is 6. The number of carbonyl (C=O) groups excluding carboxylic acids is 1. The highest BCUT2D eigenvalue weighted by Crippen LogP contribution is 2.24. The van der Waals surface area contributed by atoms with Crippen molar-refractivity contribution in [2.45, 2.75) is 37.1 Å². The molecule has 1 aliphatic rings. The smallest absolute Gasteiger partial charge is 0.420 e. The number of carbonyl (C=O) groups is 1. The third-order valence-electron chi connectivity index (χ3n) is 5.56. The van der Waals surface area contributed by atoms with E-state index in [9.17, 15) is 18.0 Å². The van der Waals surface area contributed by atoms with E-state index >= 15 is 0 Å². The van der Waals surface area contributed by atoms with Crippen LogP contribution in [0, 0.1) is 0 Å². The van der Waals surface area contributed by atoms with Gasteiger partial charge in [-0.15, -0.1) is 0 Å². The molecule has 1 saturated heterocycles. The molecule has 0 unspecified atom stereocenters. The van der Waals surface area contributed by atoms with Gasteiger partial charge in [0.1, 0.15) is 5.75 Å². The number of ether oxygens (including phenoxy) is 1. The number of nitrogens with zero attached hydrogens (tertiary/aromatic N) is 2. The van der Waals surface area contributed by atoms with Crippen molar-refractivity contribution < 1.29 is 22.4 Å². The molecule has 0 atom stereocenters. The molecule has 1 aromatic heterocycles. The van der Waals surface area contributed by atoms with E-state index in [4.69, 9.17) is 9.15 Å². The van der Waals surface area contributed by atoms with Gasteiger partial charge in [0.25, 0.3) is 0 Å². The topological polar surface area (TPSA) is 98.8 Å². The molecule has 0 amide bonds. The standard InChI is InChI=1S/C22H24N2O6S/c1-29-17-8-6-16(7-9-17)20(25)15-24-19-11-10-18(14-21(19)30-22(24)26)31(27,28)23-12-4-2-3-5-13-23/h6-11,14H,2-5,12-13,15H2,1H3. The number of methoxy groups -OCH3 is 1. The lowest BCUT2D eigenvalue weighted by Crippen LogP contribution is -2.31. The molecule has 1 fully saturated rings. The predicted molar refractivity (Wildman–Crippen MR) is 115 cm³/mol. The highest BCUT2D eigenvalue weighted by atomic mass is 32.2. The quantitative estimate of drug-likeness (QED) is 0.542. The number of hydrogen-bond donors (Lipinski definition) is 0. The maximum atomic E-state index is 13.0. The summed E-state index contributed by atoms with van der Waals surface area (Å²) in [5, 5.41) is 0. The Morgan fingerprint density at radius 2 is 1.71 bits per heavy atom. The average molecular weight is 445 g/mol. The van der Waals surface area contributed by atoms with E-state index in [1.165, 1.54) is 34.2 Å². The van der Waals surface area contributed by atoms with Gasteiger partial charge in [0.2, 0.25) is 10.0 Å². The molecule has 0 N–H and O–H groups in total. The summed E-state index contributed by atoms with van der Waals surface area (Å²) in [4.78, 5) is 25.1. The summed E-state index contributed by atoms with van der Waals surface area (Å²) in [5.41, 5.74) is 0.951. The lowest BCUT2D eigenvalue weighted by Gasteiger charge is -2.19. The SMILES string of the molecule is COc1ccc(C(=O)Cn2c(=O)oc3cc(S(=O)(=O)N4CCCCCC4)ccc32)cc1. The number of fused-ring (bicyclic) bond motifs is 1. The molecule has 0 bridgehead atoms. The maximum Gasteiger partial charge on any atom is 0.420 e. The van der Waals surface area contributed by atoms with Crippen LogP contribution in [0.1, 0.15) is 36.0 Å². The van der Waals surface area contributed by atoms with Gasteiger partial charge in [-0.25, -0.2) is 13.2 Å². The highest BCUT2D eigenvalue weighted by Gasteiger charge is 2.26. The minimum Gasteiger partial charge on any atom is -0.497 e. The van der Waals surface area contributed by atoms with Crippen molar-refractivity contribution in [3.05, 3.63) is 58.6 Å². The fraction of sp³-hybridized carbons (Fsp3) is 0.364. The Hall–Kier alpha value is -2.91. The number of benzene rings is 2. The number of sulfonamides is 1. The third-order valence-corrected chi connectivity index (χ3v) is 7.45. The van der Waals surface area contributed by atoms with Crippen LogP contribution >= 0.6 is 0 Å². The zero-order valence-corrected chi connectivity index (χ0v) is 18.1. The van der Waals surface area contributed by atoms with Crippen LogP contribution in [0.2, 0.25) is 0 Å². The van der Waals surface area contributed by atoms with Crippen LogP contribution in [0.25, 0.3) is 11.1 Å². The third kappa shape index (κ3) is 4.28. The number of oxazole rings is 1. The maximum absolute atomic E-state index is 13.0. The molecule has 0 spiro atoms. The molecule has 164 valence electrons. The van der Waals surface area contributed by atoms with Gasteiger partial charge in [-0.1, -0.05) is 12.8 Å². The average Bonchev–Trinajstić information content (AvgIpc) is 2.94. The van der Waals surface area contributed by atoms with Crippen LogP contribution in [0.4, 0.5) is 0 Å². The first-order chi connectivity index (χ1) is 14.9. The Morgan fingerprint density at radius 1 is 1.03 bits per heavy atom. The fourth-order valence-electron chi connectivity index (χ4n) is 3.80. The number of aromatic nitrogens is 1. The van der Waals surface area contributed by atoms with E-state index in [0.29, 0.717) is 29.9 Å². The zero-order valence-electron chi connectivity index (χ0n) is 17.2. The summed E-state index contributed by atoms with van der Waals surface area (Å²) in [6, 6.07) is 10.9. The monoisotopic (exact) mass is 444 g/mol. The predicted octanol–water partition coefficient (Wildman–Crippen LogP) is 3.05. The number of Topliss-reactive ketones (excluding diaryl/α,β-unsaturated/α-hetero) is 1. The van der Waals surface area contributed by atoms with Crippen molar-refractivity contribution in [2.75, 3.05) is 20.2 Å². The van der Waals surface area contributed by atoms with E-state index in [1.54, 1.807) is 24.3 Å². The van der Waals surface area contributed by atoms with Crippen LogP contribution < -0.4 is 10.5 Å². The van der Waals surface area contributed by atoms with Crippen LogP contribution in [-0.2, 0) is 16.6 Å². The van der Waals surface area contributed by atoms with E-state index in [1.807, 2.05) is 0 Å². The first-order valence-corrected chi connectivity index (χ1v) is 11.6. The van der Waals surface area contributed by atoms with Crippen molar-refractivity contribution in [3.8, 4) is 5.75 Å². The minimum atomic E-state index is -3.67. The lowest BCUT2D eigenvalue weighted by atomic mass is 10.1. The van der Waals surface area contributed by atoms with Gasteiger partial charge in [0.05, 0.1) is 24.1 Å². The Labute approximate surface area is 180 Å². The van der Waals surface area contributed by atoms with E-state index in [0.717, 1.165) is 25.7 Å². The van der Waals surface area contributed by atoms with Gasteiger partial charge < -0.3 is 9.15 Å². The van der Waals surface area contributed by atoms with Crippen molar-refractivity contribution in [3.63, 3.8) is 0 Å². The van der Waals surface area contributed by atoms with Gasteiger partial charge in [0.15, 0.2) is 11.4 Å². The summed E-state index contributed by atoms with van der Waals surface area (Å²) >= 11 is 0. The normalized spacial score (nSPS) is 15.6. The summed E-state index contributed by atoms with van der Waals surface area (Å²) in [6.45, 7) is 0.764. The second kappa shape index (κ2) is 8.68. The molecular formula is C22H24N2O6S. The molecule has 4 rings (SSSR count). The molecule has 9 heteroatoms. The highest BCUT2D eigenvalue weighted by molar-refractivity contribution is 7.89. The first kappa shape index (κ1) is 21.3. The molecular weight excluding hydrogens is 420 g/mol. The Bertz CT molecular complexity index is 1250. The zero-order chi connectivity index (χ0) is 22.0. The van der Waals surface area contributed by atoms with Crippen molar-refractivity contribution in [1.29, 1.82) is 0 Å². The van der Waals surface area contributed by atoms with Crippen LogP contribution in [0.5, 0.6) is 5.75 Å². The Balaban J connectivity index is 1.62. The summed E-state index contributed by atoms with van der Waals surface area (Å²) in [5.74, 6) is -0.351. The van der Waals surface area contributed by atoms with Crippen molar-refractivity contribution in [2.24, 2.45) is 0 Å². The van der Waals surface area contributed by atoms with Gasteiger partial charge in [0, 0.05) is 24.7 Å². The number of ketones is 1. The van der Waals surface area contributed by atoms with E-state index in [-0.39, 0.29) is 22.8 Å². The molecule has 2 heterocycles. The minimum absolute atomic E-state index is 0.0873. The second-order valence-electron chi connectivity index (χ2n) is 7.55. The van der Waals surface area contributed by atoms with Gasteiger partial charge in [-0.05, 0) is 49.2 Å². The summed E-state index contributed by atoms with van der Waals surface area (Å²) < 4.78 is 39.1. The van der Waals surface area contributed by atoms with Crippen molar-refractivity contribution in [1.82, 2.24) is 8.87 Å². The second-order valence-corrected chi connectivity index (χ2v) is 9.49. The Morgan fingerprint density at radius 3 is 2.35 bits per heavy atom. The molecule has 8 nitrogen and oxygen atoms in total. The fourth-order valence-corrected chi connectivity index (χ4v) is 5.33. The van der Waals surface area contributed by atoms with Gasteiger partial charge in [-0.2, -0.15) is 4.31 Å². The van der Waals surface area contributed by atoms with Crippen molar-refractivity contribution >= 4 is 26.9 Å². The Kier molecular flexibility index (Phi) is 5.97. The largest absolute Gasteiger partial charge is 0.497 e. The van der Waals surface area contributed by atoms with Crippen LogP contribution in [-0.4, -0.2) is 43.3 Å². The summed E-state index contributed by atoms with van der Waals surface area (Å²) in [7, 11) is -2.13. The molecule has 1 aliphatic heterocycles. The van der Waals surface area contributed by atoms with Gasteiger partial charge >= 0.3 is 5.76 Å². The molecule has 0 aliphatic carbocycles. The van der Waals surface area contributed by atoms with E-state index < -0.39 is 15.8 Å². The summed E-state index contributed by atoms with van der Waals surface area (Å²) in [6.07, 6.45) is 3.71. The molecule has 0 radical (unpaired) electrons. The first-order valence-electron chi connectivity index (χ1n) is 10.2. The number of rotatable bonds is 6. The van der Waals surface area contributed by atoms with Crippen LogP contribution in [0.3, 0.4) is 0 Å². The van der Waals surface area contributed by atoms with Crippen LogP contribution in [0.15, 0.2) is 56.6 Å². The molecule has 3 aromatic rings. The van der Waals surface area contributed by atoms with Gasteiger partial charge in [-0.3, -0.25) is 9.36 Å². The molecule has 2 aromatic carbocycles. The molecule has 0 saturated carbocycles.